The van der Waals surface area contributed by atoms with E-state index in [-0.39, 0.29) is 5.69 Å². The number of hydrogen-bond acceptors (Lipinski definition) is 3. The first-order valence-corrected chi connectivity index (χ1v) is 6.63. The number of nitrogens with zero attached hydrogens (tertiary/aromatic N) is 2. The Morgan fingerprint density at radius 2 is 1.77 bits per heavy atom. The Labute approximate surface area is 128 Å². The van der Waals surface area contributed by atoms with E-state index < -0.39 is 11.0 Å². The summed E-state index contributed by atoms with van der Waals surface area (Å²) in [6.45, 7) is 1.73. The fourth-order valence-electron chi connectivity index (χ4n) is 2.01. The standard InChI is InChI=1S/C17H14N2O3/c1-3-14-6-4-5-7-16(14)12-18(20)13(2)15-8-10-17(11-9-15)19(21)22/h1,4-13H,2H3/b18-12-/t13-/m0/s1. The van der Waals surface area contributed by atoms with E-state index in [0.29, 0.717) is 16.7 Å². The Hall–Kier alpha value is -3.13. The van der Waals surface area contributed by atoms with Gasteiger partial charge in [0.1, 0.15) is 0 Å². The molecule has 2 aromatic carbocycles. The molecule has 0 fully saturated rings. The molecule has 2 rings (SSSR count). The van der Waals surface area contributed by atoms with Gasteiger partial charge in [0.15, 0.2) is 12.3 Å². The van der Waals surface area contributed by atoms with Gasteiger partial charge in [-0.1, -0.05) is 18.1 Å². The molecule has 0 bridgehead atoms. The molecule has 0 aromatic heterocycles. The maximum absolute atomic E-state index is 12.3. The highest BCUT2D eigenvalue weighted by Crippen LogP contribution is 2.20. The molecule has 0 saturated carbocycles. The molecule has 5 nitrogen and oxygen atoms in total. The first-order chi connectivity index (χ1) is 10.5. The predicted molar refractivity (Wildman–Crippen MR) is 84.7 cm³/mol. The van der Waals surface area contributed by atoms with Gasteiger partial charge < -0.3 is 5.21 Å². The molecule has 1 atom stereocenters. The van der Waals surface area contributed by atoms with Crippen LogP contribution in [0.3, 0.4) is 0 Å². The van der Waals surface area contributed by atoms with Crippen molar-refractivity contribution in [1.29, 1.82) is 0 Å². The molecular weight excluding hydrogens is 280 g/mol. The van der Waals surface area contributed by atoms with E-state index in [4.69, 9.17) is 6.42 Å². The molecule has 0 amide bonds. The Morgan fingerprint density at radius 3 is 2.36 bits per heavy atom. The van der Waals surface area contributed by atoms with Crippen molar-refractivity contribution < 1.29 is 9.66 Å². The summed E-state index contributed by atoms with van der Waals surface area (Å²) in [4.78, 5) is 10.2. The Morgan fingerprint density at radius 1 is 1.14 bits per heavy atom. The molecule has 0 aliphatic carbocycles. The Balaban J connectivity index is 2.28. The lowest BCUT2D eigenvalue weighted by atomic mass is 10.1. The summed E-state index contributed by atoms with van der Waals surface area (Å²) in [5.41, 5.74) is 1.98. The van der Waals surface area contributed by atoms with E-state index in [0.717, 1.165) is 4.74 Å². The van der Waals surface area contributed by atoms with Crippen LogP contribution in [0, 0.1) is 27.7 Å². The lowest BCUT2D eigenvalue weighted by molar-refractivity contribution is -0.498. The van der Waals surface area contributed by atoms with E-state index >= 15 is 0 Å². The molecule has 2 aromatic rings. The summed E-state index contributed by atoms with van der Waals surface area (Å²) in [6, 6.07) is 12.6. The summed E-state index contributed by atoms with van der Waals surface area (Å²) >= 11 is 0. The molecule has 0 unspecified atom stereocenters. The van der Waals surface area contributed by atoms with Crippen LogP contribution >= 0.6 is 0 Å². The van der Waals surface area contributed by atoms with Crippen molar-refractivity contribution in [3.05, 3.63) is 80.5 Å². The molecular formula is C17H14N2O3. The zero-order chi connectivity index (χ0) is 16.1. The van der Waals surface area contributed by atoms with Crippen LogP contribution in [-0.4, -0.2) is 15.9 Å². The smallest absolute Gasteiger partial charge is 0.269 e. The van der Waals surface area contributed by atoms with Crippen LogP contribution < -0.4 is 0 Å². The van der Waals surface area contributed by atoms with Crippen molar-refractivity contribution in [1.82, 2.24) is 0 Å². The van der Waals surface area contributed by atoms with Gasteiger partial charge in [0.25, 0.3) is 5.69 Å². The maximum atomic E-state index is 12.3. The molecule has 22 heavy (non-hydrogen) atoms. The largest absolute Gasteiger partial charge is 0.623 e. The van der Waals surface area contributed by atoms with Crippen LogP contribution in [0.2, 0.25) is 0 Å². The molecule has 5 heteroatoms. The summed E-state index contributed by atoms with van der Waals surface area (Å²) in [6.07, 6.45) is 6.84. The van der Waals surface area contributed by atoms with Crippen molar-refractivity contribution in [3.63, 3.8) is 0 Å². The van der Waals surface area contributed by atoms with Gasteiger partial charge >= 0.3 is 0 Å². The Bertz CT molecular complexity index is 758. The highest BCUT2D eigenvalue weighted by atomic mass is 16.6. The SMILES string of the molecule is C#Cc1ccccc1/C=[N+](\[O-])[C@@H](C)c1ccc([N+](=O)[O-])cc1. The fraction of sp³-hybridized carbons (Fsp3) is 0.118. The monoisotopic (exact) mass is 294 g/mol. The molecule has 0 spiro atoms. The van der Waals surface area contributed by atoms with Gasteiger partial charge in [-0.15, -0.1) is 6.42 Å². The summed E-state index contributed by atoms with van der Waals surface area (Å²) in [5.74, 6) is 2.53. The topological polar surface area (TPSA) is 69.2 Å². The maximum Gasteiger partial charge on any atom is 0.269 e. The second-order valence-corrected chi connectivity index (χ2v) is 4.75. The summed E-state index contributed by atoms with van der Waals surface area (Å²) in [7, 11) is 0. The molecule has 0 aliphatic heterocycles. The number of nitro benzene ring substituents is 1. The minimum atomic E-state index is -0.480. The third-order valence-corrected chi connectivity index (χ3v) is 3.35. The first-order valence-electron chi connectivity index (χ1n) is 6.63. The molecule has 0 N–H and O–H groups in total. The number of nitro groups is 1. The quantitative estimate of drug-likeness (QED) is 0.217. The van der Waals surface area contributed by atoms with Gasteiger partial charge in [-0.25, -0.2) is 4.74 Å². The third kappa shape index (κ3) is 3.30. The number of hydroxylamine groups is 1. The lowest BCUT2D eigenvalue weighted by Crippen LogP contribution is -2.12. The van der Waals surface area contributed by atoms with Crippen LogP contribution in [0.5, 0.6) is 0 Å². The van der Waals surface area contributed by atoms with Gasteiger partial charge in [-0.2, -0.15) is 0 Å². The van der Waals surface area contributed by atoms with Crippen LogP contribution in [0.25, 0.3) is 0 Å². The van der Waals surface area contributed by atoms with E-state index in [1.165, 1.54) is 18.3 Å². The third-order valence-electron chi connectivity index (χ3n) is 3.35. The summed E-state index contributed by atoms with van der Waals surface area (Å²) in [5, 5.41) is 22.9. The van der Waals surface area contributed by atoms with Crippen LogP contribution in [0.15, 0.2) is 48.5 Å². The number of hydrogen-bond donors (Lipinski definition) is 0. The van der Waals surface area contributed by atoms with E-state index in [1.807, 2.05) is 0 Å². The predicted octanol–water partition coefficient (Wildman–Crippen LogP) is 3.27. The molecule has 0 aliphatic rings. The molecule has 0 heterocycles. The number of rotatable bonds is 4. The van der Waals surface area contributed by atoms with Gasteiger partial charge in [0.2, 0.25) is 0 Å². The number of terminal acetylenes is 1. The van der Waals surface area contributed by atoms with Crippen molar-refractivity contribution in [3.8, 4) is 12.3 Å². The highest BCUT2D eigenvalue weighted by Gasteiger charge is 2.15. The number of non-ortho nitro benzene ring substituents is 1. The van der Waals surface area contributed by atoms with E-state index in [1.54, 1.807) is 43.3 Å². The van der Waals surface area contributed by atoms with Crippen LogP contribution in [0.1, 0.15) is 29.7 Å². The van der Waals surface area contributed by atoms with Crippen LogP contribution in [0.4, 0.5) is 5.69 Å². The minimum absolute atomic E-state index is 0.00458. The first kappa shape index (κ1) is 15.3. The average molecular weight is 294 g/mol. The molecule has 110 valence electrons. The van der Waals surface area contributed by atoms with Crippen molar-refractivity contribution in [2.75, 3.05) is 0 Å². The van der Waals surface area contributed by atoms with Crippen molar-refractivity contribution in [2.45, 2.75) is 13.0 Å². The van der Waals surface area contributed by atoms with Gasteiger partial charge in [-0.05, 0) is 24.3 Å². The second-order valence-electron chi connectivity index (χ2n) is 4.75. The fourth-order valence-corrected chi connectivity index (χ4v) is 2.01. The van der Waals surface area contributed by atoms with Gasteiger partial charge in [0, 0.05) is 30.2 Å². The van der Waals surface area contributed by atoms with Crippen molar-refractivity contribution >= 4 is 11.9 Å². The number of benzene rings is 2. The van der Waals surface area contributed by atoms with Gasteiger partial charge in [-0.3, -0.25) is 10.1 Å². The average Bonchev–Trinajstić information content (AvgIpc) is 2.54. The highest BCUT2D eigenvalue weighted by molar-refractivity contribution is 5.80. The zero-order valence-electron chi connectivity index (χ0n) is 12.0. The van der Waals surface area contributed by atoms with E-state index in [9.17, 15) is 15.3 Å². The zero-order valence-corrected chi connectivity index (χ0v) is 12.0. The normalized spacial score (nSPS) is 12.5. The summed E-state index contributed by atoms with van der Waals surface area (Å²) < 4.78 is 0.789. The second kappa shape index (κ2) is 6.55. The Kier molecular flexibility index (Phi) is 4.54. The van der Waals surface area contributed by atoms with E-state index in [2.05, 4.69) is 5.92 Å². The van der Waals surface area contributed by atoms with Crippen LogP contribution in [-0.2, 0) is 0 Å². The lowest BCUT2D eigenvalue weighted by Gasteiger charge is -2.13. The van der Waals surface area contributed by atoms with Gasteiger partial charge in [0.05, 0.1) is 10.5 Å². The molecule has 0 radical (unpaired) electrons. The van der Waals surface area contributed by atoms with Crippen molar-refractivity contribution in [2.24, 2.45) is 0 Å². The minimum Gasteiger partial charge on any atom is -0.623 e. The molecule has 0 saturated heterocycles.